The zero-order valence-electron chi connectivity index (χ0n) is 12.1. The van der Waals surface area contributed by atoms with E-state index in [0.717, 1.165) is 36.1 Å². The summed E-state index contributed by atoms with van der Waals surface area (Å²) in [5.41, 5.74) is 0.856. The number of halogens is 1. The summed E-state index contributed by atoms with van der Waals surface area (Å²) in [4.78, 5) is 4.62. The first kappa shape index (κ1) is 14.2. The van der Waals surface area contributed by atoms with Crippen molar-refractivity contribution in [2.45, 2.75) is 38.8 Å². The van der Waals surface area contributed by atoms with Crippen LogP contribution >= 0.6 is 11.6 Å². The summed E-state index contributed by atoms with van der Waals surface area (Å²) in [7, 11) is 1.64. The van der Waals surface area contributed by atoms with Crippen LogP contribution in [0, 0.1) is 0 Å². The van der Waals surface area contributed by atoms with Crippen molar-refractivity contribution in [1.82, 2.24) is 14.8 Å². The van der Waals surface area contributed by atoms with Gasteiger partial charge in [0, 0.05) is 18.0 Å². The van der Waals surface area contributed by atoms with Crippen molar-refractivity contribution in [3.8, 4) is 5.75 Å². The van der Waals surface area contributed by atoms with E-state index in [0.29, 0.717) is 11.6 Å². The van der Waals surface area contributed by atoms with Gasteiger partial charge in [-0.05, 0) is 31.0 Å². The second-order valence-electron chi connectivity index (χ2n) is 5.18. The number of hydrogen-bond donors (Lipinski definition) is 1. The normalized spacial score (nSPS) is 14.4. The lowest BCUT2D eigenvalue weighted by Gasteiger charge is -2.10. The summed E-state index contributed by atoms with van der Waals surface area (Å²) in [6, 6.07) is 5.50. The molecule has 1 N–H and O–H groups in total. The van der Waals surface area contributed by atoms with Crippen molar-refractivity contribution in [2.75, 3.05) is 12.4 Å². The molecule has 1 aliphatic heterocycles. The molecule has 5 nitrogen and oxygen atoms in total. The van der Waals surface area contributed by atoms with E-state index in [4.69, 9.17) is 16.3 Å². The summed E-state index contributed by atoms with van der Waals surface area (Å²) in [6.07, 6.45) is 4.67. The van der Waals surface area contributed by atoms with Crippen LogP contribution in [0.5, 0.6) is 5.75 Å². The number of methoxy groups -OCH3 is 1. The van der Waals surface area contributed by atoms with E-state index in [1.807, 2.05) is 22.9 Å². The molecule has 0 atom stereocenters. The van der Waals surface area contributed by atoms with Crippen LogP contribution in [0.2, 0.25) is 5.02 Å². The van der Waals surface area contributed by atoms with Gasteiger partial charge in [0.15, 0.2) is 5.82 Å². The monoisotopic (exact) mass is 306 g/mol. The molecule has 0 amide bonds. The number of hydrogen-bond acceptors (Lipinski definition) is 4. The predicted octanol–water partition coefficient (Wildman–Crippen LogP) is 3.28. The quantitative estimate of drug-likeness (QED) is 0.942. The summed E-state index contributed by atoms with van der Waals surface area (Å²) >= 11 is 6.03. The SMILES string of the molecule is COc1ccc(Cl)cc1NCc1nc2n(n1)CCCCC2. The first-order chi connectivity index (χ1) is 10.3. The standard InChI is InChI=1S/C15H19ClN4O/c1-21-13-7-6-11(16)9-12(13)17-10-14-18-15-5-3-2-4-8-20(15)19-14/h6-7,9,17H,2-5,8,10H2,1H3. The number of fused-ring (bicyclic) bond motifs is 1. The minimum Gasteiger partial charge on any atom is -0.495 e. The van der Waals surface area contributed by atoms with Crippen LogP contribution in [0.4, 0.5) is 5.69 Å². The van der Waals surface area contributed by atoms with Gasteiger partial charge in [-0.25, -0.2) is 9.67 Å². The highest BCUT2D eigenvalue weighted by Gasteiger charge is 2.13. The van der Waals surface area contributed by atoms with Gasteiger partial charge in [0.1, 0.15) is 11.6 Å². The van der Waals surface area contributed by atoms with Crippen molar-refractivity contribution in [3.05, 3.63) is 34.9 Å². The highest BCUT2D eigenvalue weighted by atomic mass is 35.5. The average molecular weight is 307 g/mol. The highest BCUT2D eigenvalue weighted by molar-refractivity contribution is 6.30. The molecule has 2 heterocycles. The van der Waals surface area contributed by atoms with Gasteiger partial charge in [-0.1, -0.05) is 18.0 Å². The van der Waals surface area contributed by atoms with Gasteiger partial charge in [0.2, 0.25) is 0 Å². The van der Waals surface area contributed by atoms with Crippen molar-refractivity contribution in [2.24, 2.45) is 0 Å². The number of anilines is 1. The molecule has 0 unspecified atom stereocenters. The second kappa shape index (κ2) is 6.35. The Labute approximate surface area is 129 Å². The van der Waals surface area contributed by atoms with Gasteiger partial charge >= 0.3 is 0 Å². The maximum atomic E-state index is 6.03. The molecule has 0 saturated heterocycles. The number of aromatic nitrogens is 3. The molecule has 1 aromatic carbocycles. The minimum absolute atomic E-state index is 0.566. The van der Waals surface area contributed by atoms with E-state index < -0.39 is 0 Å². The predicted molar refractivity (Wildman–Crippen MR) is 82.9 cm³/mol. The topological polar surface area (TPSA) is 52.0 Å². The largest absolute Gasteiger partial charge is 0.495 e. The maximum absolute atomic E-state index is 6.03. The van der Waals surface area contributed by atoms with E-state index in [9.17, 15) is 0 Å². The van der Waals surface area contributed by atoms with Gasteiger partial charge in [-0.15, -0.1) is 0 Å². The number of aryl methyl sites for hydroxylation is 2. The lowest BCUT2D eigenvalue weighted by molar-refractivity contribution is 0.416. The number of ether oxygens (including phenoxy) is 1. The van der Waals surface area contributed by atoms with Gasteiger partial charge in [0.05, 0.1) is 19.3 Å². The van der Waals surface area contributed by atoms with E-state index in [1.165, 1.54) is 19.3 Å². The summed E-state index contributed by atoms with van der Waals surface area (Å²) in [5, 5.41) is 8.54. The third kappa shape index (κ3) is 3.29. The first-order valence-corrected chi connectivity index (χ1v) is 7.64. The maximum Gasteiger partial charge on any atom is 0.169 e. The van der Waals surface area contributed by atoms with Gasteiger partial charge in [-0.3, -0.25) is 0 Å². The molecule has 0 bridgehead atoms. The molecule has 3 rings (SSSR count). The number of benzene rings is 1. The van der Waals surface area contributed by atoms with Crippen molar-refractivity contribution >= 4 is 17.3 Å². The van der Waals surface area contributed by atoms with E-state index in [1.54, 1.807) is 7.11 Å². The molecule has 0 aliphatic carbocycles. The number of nitrogens with zero attached hydrogens (tertiary/aromatic N) is 3. The van der Waals surface area contributed by atoms with Crippen LogP contribution < -0.4 is 10.1 Å². The molecule has 0 saturated carbocycles. The summed E-state index contributed by atoms with van der Waals surface area (Å²) in [6.45, 7) is 1.54. The van der Waals surface area contributed by atoms with Gasteiger partial charge in [-0.2, -0.15) is 5.10 Å². The highest BCUT2D eigenvalue weighted by Crippen LogP contribution is 2.28. The number of nitrogens with one attached hydrogen (secondary N) is 1. The minimum atomic E-state index is 0.566. The Morgan fingerprint density at radius 2 is 2.24 bits per heavy atom. The number of rotatable bonds is 4. The molecular weight excluding hydrogens is 288 g/mol. The average Bonchev–Trinajstić information content (AvgIpc) is 2.75. The lowest BCUT2D eigenvalue weighted by Crippen LogP contribution is -2.05. The van der Waals surface area contributed by atoms with Gasteiger partial charge in [0.25, 0.3) is 0 Å². The molecule has 0 spiro atoms. The van der Waals surface area contributed by atoms with E-state index in [2.05, 4.69) is 15.4 Å². The molecule has 0 fully saturated rings. The summed E-state index contributed by atoms with van der Waals surface area (Å²) in [5.74, 6) is 2.68. The fourth-order valence-electron chi connectivity index (χ4n) is 2.58. The molecule has 1 aliphatic rings. The molecule has 2 aromatic rings. The Morgan fingerprint density at radius 1 is 1.33 bits per heavy atom. The fourth-order valence-corrected chi connectivity index (χ4v) is 2.75. The van der Waals surface area contributed by atoms with Crippen LogP contribution in [-0.2, 0) is 19.5 Å². The Bertz CT molecular complexity index is 603. The van der Waals surface area contributed by atoms with Crippen LogP contribution in [0.1, 0.15) is 30.9 Å². The Kier molecular flexibility index (Phi) is 4.29. The molecule has 21 heavy (non-hydrogen) atoms. The third-order valence-electron chi connectivity index (χ3n) is 3.66. The van der Waals surface area contributed by atoms with Crippen LogP contribution in [0.25, 0.3) is 0 Å². The van der Waals surface area contributed by atoms with E-state index >= 15 is 0 Å². The van der Waals surface area contributed by atoms with Gasteiger partial charge < -0.3 is 10.1 Å². The third-order valence-corrected chi connectivity index (χ3v) is 3.90. The van der Waals surface area contributed by atoms with Crippen LogP contribution in [0.15, 0.2) is 18.2 Å². The lowest BCUT2D eigenvalue weighted by atomic mass is 10.2. The molecule has 0 radical (unpaired) electrons. The molecule has 1 aromatic heterocycles. The van der Waals surface area contributed by atoms with Crippen LogP contribution in [0.3, 0.4) is 0 Å². The second-order valence-corrected chi connectivity index (χ2v) is 5.61. The van der Waals surface area contributed by atoms with Crippen molar-refractivity contribution in [1.29, 1.82) is 0 Å². The smallest absolute Gasteiger partial charge is 0.169 e. The molecular formula is C15H19ClN4O. The fraction of sp³-hybridized carbons (Fsp3) is 0.467. The van der Waals surface area contributed by atoms with Crippen molar-refractivity contribution < 1.29 is 4.74 Å². The molecule has 112 valence electrons. The van der Waals surface area contributed by atoms with Crippen molar-refractivity contribution in [3.63, 3.8) is 0 Å². The zero-order chi connectivity index (χ0) is 14.7. The first-order valence-electron chi connectivity index (χ1n) is 7.26. The Hall–Kier alpha value is -1.75. The van der Waals surface area contributed by atoms with E-state index in [-0.39, 0.29) is 0 Å². The Balaban J connectivity index is 1.72. The summed E-state index contributed by atoms with van der Waals surface area (Å²) < 4.78 is 7.36. The molecule has 6 heteroatoms. The zero-order valence-corrected chi connectivity index (χ0v) is 12.9. The van der Waals surface area contributed by atoms with Crippen LogP contribution in [-0.4, -0.2) is 21.9 Å². The Morgan fingerprint density at radius 3 is 3.10 bits per heavy atom.